The molecule has 0 heterocycles. The average molecular weight is 430 g/mol. The Morgan fingerprint density at radius 1 is 1.07 bits per heavy atom. The predicted octanol–water partition coefficient (Wildman–Crippen LogP) is 2.91. The highest BCUT2D eigenvalue weighted by Gasteiger charge is 2.09. The third-order valence-corrected chi connectivity index (χ3v) is 4.36. The van der Waals surface area contributed by atoms with E-state index in [4.69, 9.17) is 21.7 Å². The van der Waals surface area contributed by atoms with Crippen LogP contribution in [0.5, 0.6) is 5.75 Å². The number of thiocarbonyl (C=S) groups is 1. The highest BCUT2D eigenvalue weighted by molar-refractivity contribution is 7.80. The summed E-state index contributed by atoms with van der Waals surface area (Å²) in [6, 6.07) is 14.4. The maximum absolute atomic E-state index is 12.4. The number of hydrogen-bond donors (Lipinski definition) is 3. The first-order valence-corrected chi connectivity index (χ1v) is 10.1. The van der Waals surface area contributed by atoms with Crippen LogP contribution in [0, 0.1) is 0 Å². The van der Waals surface area contributed by atoms with Crippen molar-refractivity contribution >= 4 is 34.8 Å². The van der Waals surface area contributed by atoms with Crippen LogP contribution in [0.4, 0.5) is 5.69 Å². The molecule has 2 aromatic rings. The van der Waals surface area contributed by atoms with Crippen molar-refractivity contribution in [2.45, 2.75) is 19.8 Å². The van der Waals surface area contributed by atoms with Crippen LogP contribution in [0.15, 0.2) is 48.5 Å². The number of carbonyl (C=O) groups is 2. The van der Waals surface area contributed by atoms with Crippen LogP contribution in [0.3, 0.4) is 0 Å². The van der Waals surface area contributed by atoms with Gasteiger partial charge in [-0.2, -0.15) is 0 Å². The lowest BCUT2D eigenvalue weighted by molar-refractivity contribution is -0.120. The first kappa shape index (κ1) is 23.3. The Morgan fingerprint density at radius 3 is 2.53 bits per heavy atom. The second-order valence-corrected chi connectivity index (χ2v) is 6.76. The number of amides is 2. The second-order valence-electron chi connectivity index (χ2n) is 6.35. The van der Waals surface area contributed by atoms with E-state index in [-0.39, 0.29) is 16.9 Å². The molecule has 0 aliphatic rings. The first-order chi connectivity index (χ1) is 14.5. The van der Waals surface area contributed by atoms with Gasteiger partial charge in [-0.3, -0.25) is 14.9 Å². The van der Waals surface area contributed by atoms with E-state index in [0.29, 0.717) is 44.0 Å². The van der Waals surface area contributed by atoms with E-state index < -0.39 is 0 Å². The Hall–Kier alpha value is -2.97. The van der Waals surface area contributed by atoms with E-state index in [0.717, 1.165) is 11.3 Å². The molecule has 0 aromatic heterocycles. The smallest absolute Gasteiger partial charge is 0.257 e. The van der Waals surface area contributed by atoms with E-state index in [2.05, 4.69) is 16.0 Å². The summed E-state index contributed by atoms with van der Waals surface area (Å²) in [4.78, 5) is 23.8. The zero-order valence-corrected chi connectivity index (χ0v) is 18.0. The van der Waals surface area contributed by atoms with Crippen LogP contribution in [-0.4, -0.2) is 43.8 Å². The number of aryl methyl sites for hydroxylation is 1. The van der Waals surface area contributed by atoms with Crippen LogP contribution in [-0.2, 0) is 16.0 Å². The molecule has 0 saturated carbocycles. The second kappa shape index (κ2) is 12.6. The fourth-order valence-electron chi connectivity index (χ4n) is 2.57. The molecule has 0 radical (unpaired) electrons. The molecule has 2 amide bonds. The topological polar surface area (TPSA) is 88.7 Å². The third-order valence-electron chi connectivity index (χ3n) is 4.16. The molecule has 2 aromatic carbocycles. The Morgan fingerprint density at radius 2 is 1.83 bits per heavy atom. The highest BCUT2D eigenvalue weighted by atomic mass is 32.1. The van der Waals surface area contributed by atoms with E-state index in [1.807, 2.05) is 31.2 Å². The lowest BCUT2D eigenvalue weighted by atomic mass is 10.1. The zero-order chi connectivity index (χ0) is 21.8. The summed E-state index contributed by atoms with van der Waals surface area (Å²) in [5, 5.41) is 8.44. The Kier molecular flexibility index (Phi) is 9.76. The lowest BCUT2D eigenvalue weighted by Crippen LogP contribution is -2.34. The molecule has 30 heavy (non-hydrogen) atoms. The number of hydrogen-bond acceptors (Lipinski definition) is 5. The maximum Gasteiger partial charge on any atom is 0.257 e. The average Bonchev–Trinajstić information content (AvgIpc) is 2.76. The van der Waals surface area contributed by atoms with Gasteiger partial charge in [0.1, 0.15) is 12.4 Å². The summed E-state index contributed by atoms with van der Waals surface area (Å²) in [5.74, 6) is 0.267. The SMILES string of the molecule is CCOCCOc1cccc(C(=O)NC(=S)Nc2ccc(CCC(=O)NC)cc2)c1. The van der Waals surface area contributed by atoms with Crippen molar-refractivity contribution in [3.63, 3.8) is 0 Å². The fraction of sp³-hybridized carbons (Fsp3) is 0.318. The van der Waals surface area contributed by atoms with Gasteiger partial charge in [-0.05, 0) is 61.5 Å². The van der Waals surface area contributed by atoms with Gasteiger partial charge in [-0.1, -0.05) is 18.2 Å². The fourth-order valence-corrected chi connectivity index (χ4v) is 2.78. The van der Waals surface area contributed by atoms with Crippen LogP contribution in [0.1, 0.15) is 29.3 Å². The normalized spacial score (nSPS) is 10.2. The molecule has 8 heteroatoms. The van der Waals surface area contributed by atoms with Crippen LogP contribution in [0.25, 0.3) is 0 Å². The van der Waals surface area contributed by atoms with E-state index >= 15 is 0 Å². The van der Waals surface area contributed by atoms with Gasteiger partial charge in [0.25, 0.3) is 5.91 Å². The van der Waals surface area contributed by atoms with E-state index in [9.17, 15) is 9.59 Å². The van der Waals surface area contributed by atoms with Crippen LogP contribution >= 0.6 is 12.2 Å². The van der Waals surface area contributed by atoms with Gasteiger partial charge < -0.3 is 20.1 Å². The van der Waals surface area contributed by atoms with Gasteiger partial charge in [-0.25, -0.2) is 0 Å². The standard InChI is InChI=1S/C22H27N3O4S/c1-3-28-13-14-29-19-6-4-5-17(15-19)21(27)25-22(30)24-18-10-7-16(8-11-18)9-12-20(26)23-2/h4-8,10-11,15H,3,9,12-14H2,1-2H3,(H,23,26)(H2,24,25,27,30). The molecule has 0 unspecified atom stereocenters. The van der Waals surface area contributed by atoms with Crippen LogP contribution < -0.4 is 20.7 Å². The Labute approximate surface area is 182 Å². The maximum atomic E-state index is 12.4. The third kappa shape index (κ3) is 8.18. The number of nitrogens with one attached hydrogen (secondary N) is 3. The summed E-state index contributed by atoms with van der Waals surface area (Å²) in [6.07, 6.45) is 1.09. The minimum atomic E-state index is -0.329. The number of anilines is 1. The summed E-state index contributed by atoms with van der Waals surface area (Å²) >= 11 is 5.23. The minimum Gasteiger partial charge on any atom is -0.491 e. The molecule has 0 bridgehead atoms. The van der Waals surface area contributed by atoms with Gasteiger partial charge in [0, 0.05) is 31.3 Å². The van der Waals surface area contributed by atoms with Crippen molar-refractivity contribution in [3.8, 4) is 5.75 Å². The van der Waals surface area contributed by atoms with Crippen molar-refractivity contribution < 1.29 is 19.1 Å². The summed E-state index contributed by atoms with van der Waals surface area (Å²) in [7, 11) is 1.62. The number of ether oxygens (including phenoxy) is 2. The molecule has 0 fully saturated rings. The van der Waals surface area contributed by atoms with Crippen LogP contribution in [0.2, 0.25) is 0 Å². The van der Waals surface area contributed by atoms with E-state index in [1.54, 1.807) is 31.3 Å². The largest absolute Gasteiger partial charge is 0.491 e. The molecule has 160 valence electrons. The molecular formula is C22H27N3O4S. The molecule has 0 atom stereocenters. The number of rotatable bonds is 10. The molecule has 0 aliphatic heterocycles. The number of benzene rings is 2. The van der Waals surface area contributed by atoms with Gasteiger partial charge in [0.05, 0.1) is 6.61 Å². The Bertz CT molecular complexity index is 856. The molecule has 7 nitrogen and oxygen atoms in total. The molecule has 0 spiro atoms. The summed E-state index contributed by atoms with van der Waals surface area (Å²) < 4.78 is 10.8. The van der Waals surface area contributed by atoms with Crippen molar-refractivity contribution in [3.05, 3.63) is 59.7 Å². The summed E-state index contributed by atoms with van der Waals surface area (Å²) in [6.45, 7) is 3.46. The molecule has 0 saturated heterocycles. The van der Waals surface area contributed by atoms with Gasteiger partial charge in [0.15, 0.2) is 5.11 Å². The first-order valence-electron chi connectivity index (χ1n) is 9.74. The van der Waals surface area contributed by atoms with Crippen molar-refractivity contribution in [2.75, 3.05) is 32.2 Å². The van der Waals surface area contributed by atoms with Crippen molar-refractivity contribution in [1.82, 2.24) is 10.6 Å². The quantitative estimate of drug-likeness (QED) is 0.398. The highest BCUT2D eigenvalue weighted by Crippen LogP contribution is 2.14. The minimum absolute atomic E-state index is 0.00449. The monoisotopic (exact) mass is 429 g/mol. The molecule has 0 aliphatic carbocycles. The molecular weight excluding hydrogens is 402 g/mol. The molecule has 2 rings (SSSR count). The number of carbonyl (C=O) groups excluding carboxylic acids is 2. The van der Waals surface area contributed by atoms with Gasteiger partial charge in [0.2, 0.25) is 5.91 Å². The van der Waals surface area contributed by atoms with Gasteiger partial charge >= 0.3 is 0 Å². The van der Waals surface area contributed by atoms with Gasteiger partial charge in [-0.15, -0.1) is 0 Å². The Balaban J connectivity index is 1.84. The predicted molar refractivity (Wildman–Crippen MR) is 121 cm³/mol. The zero-order valence-electron chi connectivity index (χ0n) is 17.2. The molecule has 3 N–H and O–H groups in total. The van der Waals surface area contributed by atoms with Crippen molar-refractivity contribution in [1.29, 1.82) is 0 Å². The summed E-state index contributed by atoms with van der Waals surface area (Å²) in [5.41, 5.74) is 2.23. The van der Waals surface area contributed by atoms with E-state index in [1.165, 1.54) is 0 Å². The lowest BCUT2D eigenvalue weighted by Gasteiger charge is -2.11. The van der Waals surface area contributed by atoms with Crippen molar-refractivity contribution in [2.24, 2.45) is 0 Å².